The summed E-state index contributed by atoms with van der Waals surface area (Å²) in [6.07, 6.45) is 3.66. The van der Waals surface area contributed by atoms with Crippen LogP contribution in [0, 0.1) is 0 Å². The fourth-order valence-electron chi connectivity index (χ4n) is 2.72. The third-order valence-electron chi connectivity index (χ3n) is 4.10. The van der Waals surface area contributed by atoms with Gasteiger partial charge in [0.15, 0.2) is 11.5 Å². The minimum absolute atomic E-state index is 0.117. The average Bonchev–Trinajstić information content (AvgIpc) is 3.20. The molecule has 0 bridgehead atoms. The number of hydrogen-bond acceptors (Lipinski definition) is 4. The molecule has 3 rings (SSSR count). The van der Waals surface area contributed by atoms with Crippen LogP contribution < -0.4 is 14.8 Å². The molecule has 1 amide bonds. The molecule has 6 heteroatoms. The lowest BCUT2D eigenvalue weighted by Gasteiger charge is -2.12. The van der Waals surface area contributed by atoms with Gasteiger partial charge in [-0.1, -0.05) is 18.2 Å². The smallest absolute Gasteiger partial charge is 0.251 e. The first-order valence-corrected chi connectivity index (χ1v) is 8.84. The zero-order chi connectivity index (χ0) is 19.1. The molecule has 0 saturated carbocycles. The number of nitrogens with one attached hydrogen (secondary N) is 1. The normalized spacial score (nSPS) is 10.4. The first-order valence-electron chi connectivity index (χ1n) is 8.84. The Hall–Kier alpha value is -3.28. The molecule has 0 radical (unpaired) electrons. The Morgan fingerprint density at radius 2 is 1.89 bits per heavy atom. The van der Waals surface area contributed by atoms with E-state index in [1.807, 2.05) is 66.3 Å². The van der Waals surface area contributed by atoms with Gasteiger partial charge in [0.25, 0.3) is 5.91 Å². The van der Waals surface area contributed by atoms with E-state index in [2.05, 4.69) is 10.4 Å². The van der Waals surface area contributed by atoms with Crippen molar-refractivity contribution in [2.24, 2.45) is 0 Å². The first kappa shape index (κ1) is 18.5. The Balaban J connectivity index is 1.59. The van der Waals surface area contributed by atoms with Gasteiger partial charge < -0.3 is 14.8 Å². The Labute approximate surface area is 158 Å². The van der Waals surface area contributed by atoms with Gasteiger partial charge in [0.2, 0.25) is 0 Å². The summed E-state index contributed by atoms with van der Waals surface area (Å²) < 4.78 is 12.7. The van der Waals surface area contributed by atoms with Gasteiger partial charge in [-0.25, -0.2) is 0 Å². The molecule has 0 spiro atoms. The molecule has 0 saturated heterocycles. The van der Waals surface area contributed by atoms with Crippen molar-refractivity contribution < 1.29 is 14.3 Å². The van der Waals surface area contributed by atoms with Gasteiger partial charge in [-0.15, -0.1) is 0 Å². The number of benzene rings is 2. The summed E-state index contributed by atoms with van der Waals surface area (Å²) in [6, 6.07) is 15.1. The third-order valence-corrected chi connectivity index (χ3v) is 4.10. The molecule has 6 nitrogen and oxygen atoms in total. The van der Waals surface area contributed by atoms with Gasteiger partial charge in [0.05, 0.1) is 20.3 Å². The van der Waals surface area contributed by atoms with Gasteiger partial charge >= 0.3 is 0 Å². The van der Waals surface area contributed by atoms with E-state index in [0.29, 0.717) is 36.8 Å². The Bertz CT molecular complexity index is 874. The highest BCUT2D eigenvalue weighted by molar-refractivity contribution is 5.94. The van der Waals surface area contributed by atoms with Gasteiger partial charge in [0, 0.05) is 24.5 Å². The van der Waals surface area contributed by atoms with Crippen LogP contribution in [0.3, 0.4) is 0 Å². The quantitative estimate of drug-likeness (QED) is 0.665. The lowest BCUT2D eigenvalue weighted by atomic mass is 10.1. The summed E-state index contributed by atoms with van der Waals surface area (Å²) in [5.74, 6) is 1.24. The molecule has 0 aliphatic carbocycles. The van der Waals surface area contributed by atoms with E-state index >= 15 is 0 Å². The summed E-state index contributed by atoms with van der Waals surface area (Å²) in [5, 5.41) is 7.11. The highest BCUT2D eigenvalue weighted by atomic mass is 16.5. The number of ether oxygens (including phenoxy) is 2. The highest BCUT2D eigenvalue weighted by Gasteiger charge is 2.08. The van der Waals surface area contributed by atoms with Crippen molar-refractivity contribution in [3.63, 3.8) is 0 Å². The number of rotatable bonds is 8. The van der Waals surface area contributed by atoms with Crippen LogP contribution in [0.15, 0.2) is 60.9 Å². The Kier molecular flexibility index (Phi) is 6.10. The second-order valence-electron chi connectivity index (χ2n) is 6.00. The maximum atomic E-state index is 12.4. The fraction of sp³-hybridized carbons (Fsp3) is 0.238. The van der Waals surface area contributed by atoms with Crippen molar-refractivity contribution in [2.75, 3.05) is 13.7 Å². The SMILES string of the molecule is CCOc1ccc(CNC(=O)c2ccc(Cn3cccn3)cc2)cc1OC. The fourth-order valence-corrected chi connectivity index (χ4v) is 2.72. The van der Waals surface area contributed by atoms with E-state index in [4.69, 9.17) is 9.47 Å². The molecule has 0 fully saturated rings. The van der Waals surface area contributed by atoms with Crippen LogP contribution in [0.2, 0.25) is 0 Å². The van der Waals surface area contributed by atoms with Crippen molar-refractivity contribution >= 4 is 5.91 Å². The summed E-state index contributed by atoms with van der Waals surface area (Å²) >= 11 is 0. The monoisotopic (exact) mass is 365 g/mol. The van der Waals surface area contributed by atoms with E-state index in [1.54, 1.807) is 13.3 Å². The molecule has 3 aromatic rings. The van der Waals surface area contributed by atoms with Crippen molar-refractivity contribution in [2.45, 2.75) is 20.0 Å². The van der Waals surface area contributed by atoms with Crippen LogP contribution in [0.1, 0.15) is 28.4 Å². The number of aromatic nitrogens is 2. The largest absolute Gasteiger partial charge is 0.493 e. The van der Waals surface area contributed by atoms with Crippen LogP contribution in [-0.4, -0.2) is 29.4 Å². The summed E-state index contributed by atoms with van der Waals surface area (Å²) in [7, 11) is 1.60. The number of amides is 1. The molecule has 1 heterocycles. The summed E-state index contributed by atoms with van der Waals surface area (Å²) in [5.41, 5.74) is 2.66. The minimum atomic E-state index is -0.117. The van der Waals surface area contributed by atoms with E-state index in [9.17, 15) is 4.79 Å². The van der Waals surface area contributed by atoms with Gasteiger partial charge in [-0.2, -0.15) is 5.10 Å². The number of carbonyl (C=O) groups is 1. The van der Waals surface area contributed by atoms with Crippen molar-refractivity contribution in [3.05, 3.63) is 77.6 Å². The second kappa shape index (κ2) is 8.89. The molecule has 0 atom stereocenters. The predicted molar refractivity (Wildman–Crippen MR) is 103 cm³/mol. The molecule has 1 aromatic heterocycles. The molecule has 0 unspecified atom stereocenters. The lowest BCUT2D eigenvalue weighted by Crippen LogP contribution is -2.22. The van der Waals surface area contributed by atoms with E-state index < -0.39 is 0 Å². The molecule has 1 N–H and O–H groups in total. The molecular weight excluding hydrogens is 342 g/mol. The average molecular weight is 365 g/mol. The Morgan fingerprint density at radius 1 is 1.11 bits per heavy atom. The number of nitrogens with zero attached hydrogens (tertiary/aromatic N) is 2. The van der Waals surface area contributed by atoms with Crippen LogP contribution >= 0.6 is 0 Å². The highest BCUT2D eigenvalue weighted by Crippen LogP contribution is 2.28. The van der Waals surface area contributed by atoms with E-state index in [0.717, 1.165) is 11.1 Å². The number of carbonyl (C=O) groups excluding carboxylic acids is 1. The zero-order valence-electron chi connectivity index (χ0n) is 15.5. The van der Waals surface area contributed by atoms with Gasteiger partial charge in [-0.05, 0) is 48.4 Å². The van der Waals surface area contributed by atoms with Crippen LogP contribution in [0.5, 0.6) is 11.5 Å². The van der Waals surface area contributed by atoms with Crippen molar-refractivity contribution in [1.29, 1.82) is 0 Å². The molecule has 27 heavy (non-hydrogen) atoms. The van der Waals surface area contributed by atoms with E-state index in [-0.39, 0.29) is 5.91 Å². The molecule has 140 valence electrons. The summed E-state index contributed by atoms with van der Waals surface area (Å²) in [4.78, 5) is 12.4. The van der Waals surface area contributed by atoms with Crippen molar-refractivity contribution in [1.82, 2.24) is 15.1 Å². The van der Waals surface area contributed by atoms with Crippen LogP contribution in [0.4, 0.5) is 0 Å². The third kappa shape index (κ3) is 4.88. The van der Waals surface area contributed by atoms with Crippen LogP contribution in [0.25, 0.3) is 0 Å². The molecule has 2 aromatic carbocycles. The Morgan fingerprint density at radius 3 is 2.56 bits per heavy atom. The molecular formula is C21H23N3O3. The van der Waals surface area contributed by atoms with Gasteiger partial charge in [-0.3, -0.25) is 9.48 Å². The summed E-state index contributed by atoms with van der Waals surface area (Å²) in [6.45, 7) is 3.59. The van der Waals surface area contributed by atoms with Gasteiger partial charge in [0.1, 0.15) is 0 Å². The van der Waals surface area contributed by atoms with Crippen molar-refractivity contribution in [3.8, 4) is 11.5 Å². The standard InChI is InChI=1S/C21H23N3O3/c1-3-27-19-10-7-17(13-20(19)26-2)14-22-21(25)18-8-5-16(6-9-18)15-24-12-4-11-23-24/h4-13H,3,14-15H2,1-2H3,(H,22,25). The molecule has 0 aliphatic heterocycles. The minimum Gasteiger partial charge on any atom is -0.493 e. The maximum absolute atomic E-state index is 12.4. The maximum Gasteiger partial charge on any atom is 0.251 e. The second-order valence-corrected chi connectivity index (χ2v) is 6.00. The predicted octanol–water partition coefficient (Wildman–Crippen LogP) is 3.27. The zero-order valence-corrected chi connectivity index (χ0v) is 15.5. The topological polar surface area (TPSA) is 65.4 Å². The van der Waals surface area contributed by atoms with Crippen LogP contribution in [-0.2, 0) is 13.1 Å². The van der Waals surface area contributed by atoms with E-state index in [1.165, 1.54) is 0 Å². The number of methoxy groups -OCH3 is 1. The number of hydrogen-bond donors (Lipinski definition) is 1. The first-order chi connectivity index (χ1) is 13.2. The molecule has 0 aliphatic rings. The lowest BCUT2D eigenvalue weighted by molar-refractivity contribution is 0.0951.